The lowest BCUT2D eigenvalue weighted by molar-refractivity contribution is -0.128. The molecular formula is C10H9F3N2O2S. The van der Waals surface area contributed by atoms with Crippen molar-refractivity contribution in [2.75, 3.05) is 6.26 Å². The van der Waals surface area contributed by atoms with Gasteiger partial charge in [-0.3, -0.25) is 0 Å². The minimum atomic E-state index is -4.39. The monoisotopic (exact) mass is 278 g/mol. The highest BCUT2D eigenvalue weighted by Gasteiger charge is 2.30. The summed E-state index contributed by atoms with van der Waals surface area (Å²) in [4.78, 5) is 6.10. The second kappa shape index (κ2) is 3.98. The number of fused-ring (bicyclic) bond motifs is 1. The Hall–Kier alpha value is -1.57. The Balaban J connectivity index is 2.59. The molecule has 1 aromatic heterocycles. The van der Waals surface area contributed by atoms with E-state index < -0.39 is 22.4 Å². The number of para-hydroxylation sites is 1. The number of imidazole rings is 1. The van der Waals surface area contributed by atoms with Gasteiger partial charge in [-0.05, 0) is 12.1 Å². The van der Waals surface area contributed by atoms with Gasteiger partial charge in [0.25, 0.3) is 0 Å². The fourth-order valence-corrected chi connectivity index (χ4v) is 2.46. The predicted molar refractivity (Wildman–Crippen MR) is 59.0 cm³/mol. The highest BCUT2D eigenvalue weighted by atomic mass is 32.2. The summed E-state index contributed by atoms with van der Waals surface area (Å²) < 4.78 is 59.6. The molecule has 1 heterocycles. The van der Waals surface area contributed by atoms with Crippen molar-refractivity contribution < 1.29 is 21.6 Å². The molecule has 0 aliphatic heterocycles. The second-order valence-electron chi connectivity index (χ2n) is 3.90. The number of nitrogens with zero attached hydrogens (tertiary/aromatic N) is 1. The van der Waals surface area contributed by atoms with Crippen molar-refractivity contribution in [2.45, 2.75) is 17.5 Å². The van der Waals surface area contributed by atoms with Crippen molar-refractivity contribution in [1.82, 2.24) is 9.97 Å². The van der Waals surface area contributed by atoms with Crippen LogP contribution in [0.15, 0.2) is 23.1 Å². The van der Waals surface area contributed by atoms with Crippen LogP contribution < -0.4 is 0 Å². The number of hydrogen-bond donors (Lipinski definition) is 1. The number of aromatic nitrogens is 2. The fourth-order valence-electron chi connectivity index (χ4n) is 1.63. The van der Waals surface area contributed by atoms with Crippen molar-refractivity contribution in [3.8, 4) is 0 Å². The lowest BCUT2D eigenvalue weighted by Crippen LogP contribution is -2.12. The van der Waals surface area contributed by atoms with Crippen molar-refractivity contribution in [2.24, 2.45) is 0 Å². The third-order valence-corrected chi connectivity index (χ3v) is 3.42. The quantitative estimate of drug-likeness (QED) is 0.914. The number of hydrogen-bond acceptors (Lipinski definition) is 3. The average Bonchev–Trinajstić information content (AvgIpc) is 2.53. The Bertz CT molecular complexity index is 689. The summed E-state index contributed by atoms with van der Waals surface area (Å²) in [5, 5.41) is 0. The molecule has 1 aromatic carbocycles. The van der Waals surface area contributed by atoms with E-state index in [-0.39, 0.29) is 21.8 Å². The number of alkyl halides is 3. The zero-order chi connectivity index (χ0) is 13.6. The maximum atomic E-state index is 12.2. The number of aromatic amines is 1. The van der Waals surface area contributed by atoms with Crippen molar-refractivity contribution >= 4 is 20.9 Å². The van der Waals surface area contributed by atoms with Gasteiger partial charge in [0, 0.05) is 6.26 Å². The molecule has 1 N–H and O–H groups in total. The van der Waals surface area contributed by atoms with Crippen LogP contribution in [-0.4, -0.2) is 30.8 Å². The van der Waals surface area contributed by atoms with E-state index in [4.69, 9.17) is 0 Å². The molecule has 0 spiro atoms. The number of sulfone groups is 1. The average molecular weight is 278 g/mol. The molecule has 0 bridgehead atoms. The van der Waals surface area contributed by atoms with E-state index in [9.17, 15) is 21.6 Å². The topological polar surface area (TPSA) is 62.8 Å². The van der Waals surface area contributed by atoms with Gasteiger partial charge in [0.1, 0.15) is 17.8 Å². The summed E-state index contributed by atoms with van der Waals surface area (Å²) >= 11 is 0. The first-order chi connectivity index (χ1) is 8.17. The van der Waals surface area contributed by atoms with Crippen LogP contribution in [0.3, 0.4) is 0 Å². The van der Waals surface area contributed by atoms with Crippen molar-refractivity contribution in [3.63, 3.8) is 0 Å². The molecule has 98 valence electrons. The van der Waals surface area contributed by atoms with Gasteiger partial charge < -0.3 is 4.98 Å². The Kier molecular flexibility index (Phi) is 2.84. The molecule has 2 aromatic rings. The minimum absolute atomic E-state index is 0.0410. The molecule has 0 amide bonds. The molecule has 18 heavy (non-hydrogen) atoms. The molecule has 0 saturated carbocycles. The first-order valence-electron chi connectivity index (χ1n) is 4.91. The van der Waals surface area contributed by atoms with Crippen LogP contribution in [0.1, 0.15) is 5.82 Å². The van der Waals surface area contributed by atoms with Gasteiger partial charge in [0.2, 0.25) is 0 Å². The summed E-state index contributed by atoms with van der Waals surface area (Å²) in [5.74, 6) is -0.298. The SMILES string of the molecule is CS(=O)(=O)c1cccc2[nH]c(CC(F)(F)F)nc12. The highest BCUT2D eigenvalue weighted by Crippen LogP contribution is 2.24. The lowest BCUT2D eigenvalue weighted by atomic mass is 10.3. The van der Waals surface area contributed by atoms with Gasteiger partial charge in [-0.15, -0.1) is 0 Å². The molecule has 8 heteroatoms. The zero-order valence-electron chi connectivity index (χ0n) is 9.25. The number of H-pyrrole nitrogens is 1. The highest BCUT2D eigenvalue weighted by molar-refractivity contribution is 7.91. The van der Waals surface area contributed by atoms with Gasteiger partial charge in [-0.1, -0.05) is 6.07 Å². The first-order valence-corrected chi connectivity index (χ1v) is 6.80. The fraction of sp³-hybridized carbons (Fsp3) is 0.300. The molecule has 0 aliphatic rings. The van der Waals surface area contributed by atoms with Gasteiger partial charge in [-0.2, -0.15) is 13.2 Å². The van der Waals surface area contributed by atoms with Crippen LogP contribution in [0.2, 0.25) is 0 Å². The van der Waals surface area contributed by atoms with E-state index in [1.54, 1.807) is 0 Å². The number of nitrogens with one attached hydrogen (secondary N) is 1. The predicted octanol–water partition coefficient (Wildman–Crippen LogP) is 2.07. The van der Waals surface area contributed by atoms with Crippen molar-refractivity contribution in [3.05, 3.63) is 24.0 Å². The van der Waals surface area contributed by atoms with Gasteiger partial charge in [-0.25, -0.2) is 13.4 Å². The Morgan fingerprint density at radius 2 is 2.00 bits per heavy atom. The van der Waals surface area contributed by atoms with Crippen LogP contribution in [0.5, 0.6) is 0 Å². The molecule has 0 aliphatic carbocycles. The number of benzene rings is 1. The summed E-state index contributed by atoms with van der Waals surface area (Å²) in [6.07, 6.45) is -4.62. The van der Waals surface area contributed by atoms with E-state index in [2.05, 4.69) is 9.97 Å². The molecule has 0 radical (unpaired) electrons. The maximum absolute atomic E-state index is 12.2. The molecule has 0 unspecified atom stereocenters. The third kappa shape index (κ3) is 2.63. The summed E-state index contributed by atoms with van der Waals surface area (Å²) in [6, 6.07) is 4.25. The van der Waals surface area contributed by atoms with Gasteiger partial charge in [0.05, 0.1) is 10.4 Å². The largest absolute Gasteiger partial charge is 0.396 e. The maximum Gasteiger partial charge on any atom is 0.396 e. The molecule has 2 rings (SSSR count). The van der Waals surface area contributed by atoms with E-state index in [1.807, 2.05) is 0 Å². The summed E-state index contributed by atoms with van der Waals surface area (Å²) in [7, 11) is -3.52. The second-order valence-corrected chi connectivity index (χ2v) is 5.88. The smallest absolute Gasteiger partial charge is 0.342 e. The van der Waals surface area contributed by atoms with E-state index in [1.165, 1.54) is 18.2 Å². The number of halogens is 3. The zero-order valence-corrected chi connectivity index (χ0v) is 10.1. The van der Waals surface area contributed by atoms with Crippen LogP contribution in [0, 0.1) is 0 Å². The van der Waals surface area contributed by atoms with Gasteiger partial charge in [0.15, 0.2) is 9.84 Å². The summed E-state index contributed by atoms with van der Waals surface area (Å²) in [6.45, 7) is 0. The standard InChI is InChI=1S/C10H9F3N2O2S/c1-18(16,17)7-4-2-3-6-9(7)15-8(14-6)5-10(11,12)13/h2-4H,5H2,1H3,(H,14,15). The minimum Gasteiger partial charge on any atom is -0.342 e. The van der Waals surface area contributed by atoms with Crippen LogP contribution >= 0.6 is 0 Å². The molecule has 0 saturated heterocycles. The Labute approximate surface area is 101 Å². The van der Waals surface area contributed by atoms with Crippen LogP contribution in [0.25, 0.3) is 11.0 Å². The van der Waals surface area contributed by atoms with Crippen LogP contribution in [-0.2, 0) is 16.3 Å². The lowest BCUT2D eigenvalue weighted by Gasteiger charge is -2.01. The first kappa shape index (κ1) is 12.9. The van der Waals surface area contributed by atoms with E-state index in [0.29, 0.717) is 0 Å². The molecule has 4 nitrogen and oxygen atoms in total. The normalized spacial score (nSPS) is 13.1. The van der Waals surface area contributed by atoms with Crippen molar-refractivity contribution in [1.29, 1.82) is 0 Å². The molecule has 0 atom stereocenters. The van der Waals surface area contributed by atoms with E-state index in [0.717, 1.165) is 6.26 Å². The van der Waals surface area contributed by atoms with Crippen LogP contribution in [0.4, 0.5) is 13.2 Å². The Morgan fingerprint density at radius 1 is 1.33 bits per heavy atom. The summed E-state index contributed by atoms with van der Waals surface area (Å²) in [5.41, 5.74) is 0.316. The molecule has 0 fully saturated rings. The molecular weight excluding hydrogens is 269 g/mol. The van der Waals surface area contributed by atoms with Gasteiger partial charge >= 0.3 is 6.18 Å². The Morgan fingerprint density at radius 3 is 2.56 bits per heavy atom. The third-order valence-electron chi connectivity index (χ3n) is 2.29. The number of rotatable bonds is 2. The van der Waals surface area contributed by atoms with E-state index >= 15 is 0 Å².